The topological polar surface area (TPSA) is 59.8 Å². The maximum absolute atomic E-state index is 12.5. The number of hydrogen-bond acceptors (Lipinski definition) is 4. The molecule has 0 aliphatic rings. The van der Waals surface area contributed by atoms with Crippen molar-refractivity contribution in [1.82, 2.24) is 20.1 Å². The normalized spacial score (nSPS) is 11.9. The third-order valence-corrected chi connectivity index (χ3v) is 4.93. The zero-order valence-electron chi connectivity index (χ0n) is 13.6. The lowest BCUT2D eigenvalue weighted by atomic mass is 9.99. The minimum atomic E-state index is -0.230. The van der Waals surface area contributed by atoms with Crippen molar-refractivity contribution < 1.29 is 4.79 Å². The Morgan fingerprint density at radius 3 is 2.48 bits per heavy atom. The first-order chi connectivity index (χ1) is 12.1. The fourth-order valence-electron chi connectivity index (χ4n) is 2.40. The lowest BCUT2D eigenvalue weighted by Gasteiger charge is -2.20. The van der Waals surface area contributed by atoms with Gasteiger partial charge in [0.2, 0.25) is 5.91 Å². The van der Waals surface area contributed by atoms with Crippen LogP contribution in [0.25, 0.3) is 0 Å². The molecule has 0 bridgehead atoms. The van der Waals surface area contributed by atoms with Gasteiger partial charge in [-0.2, -0.15) is 0 Å². The molecular weight excluding hydrogens is 356 g/mol. The van der Waals surface area contributed by atoms with E-state index in [4.69, 9.17) is 11.6 Å². The Hall–Kier alpha value is -2.31. The van der Waals surface area contributed by atoms with Crippen molar-refractivity contribution in [3.8, 4) is 0 Å². The SMILES string of the molecule is Cn1cnnc1SCC(=O)N[C@@H](c1ccccc1)c1ccc(Cl)cc1. The summed E-state index contributed by atoms with van der Waals surface area (Å²) in [5.41, 5.74) is 1.99. The Labute approximate surface area is 155 Å². The van der Waals surface area contributed by atoms with E-state index in [0.717, 1.165) is 11.1 Å². The monoisotopic (exact) mass is 372 g/mol. The zero-order valence-corrected chi connectivity index (χ0v) is 15.2. The van der Waals surface area contributed by atoms with Crippen molar-refractivity contribution in [1.29, 1.82) is 0 Å². The van der Waals surface area contributed by atoms with Gasteiger partial charge in [-0.1, -0.05) is 65.8 Å². The van der Waals surface area contributed by atoms with Crippen molar-refractivity contribution in [2.75, 3.05) is 5.75 Å². The molecular formula is C18H17ClN4OS. The Balaban J connectivity index is 1.74. The number of rotatable bonds is 6. The van der Waals surface area contributed by atoms with Crippen molar-refractivity contribution in [2.45, 2.75) is 11.2 Å². The van der Waals surface area contributed by atoms with E-state index in [0.29, 0.717) is 10.2 Å². The number of amides is 1. The van der Waals surface area contributed by atoms with E-state index < -0.39 is 0 Å². The Bertz CT molecular complexity index is 836. The summed E-state index contributed by atoms with van der Waals surface area (Å²) in [7, 11) is 1.85. The summed E-state index contributed by atoms with van der Waals surface area (Å²) in [5, 5.41) is 12.2. The molecule has 0 aliphatic heterocycles. The molecule has 0 spiro atoms. The van der Waals surface area contributed by atoms with Crippen LogP contribution >= 0.6 is 23.4 Å². The van der Waals surface area contributed by atoms with Crippen molar-refractivity contribution in [2.24, 2.45) is 7.05 Å². The number of hydrogen-bond donors (Lipinski definition) is 1. The minimum absolute atomic E-state index is 0.0724. The summed E-state index contributed by atoms with van der Waals surface area (Å²) in [5.74, 6) is 0.195. The van der Waals surface area contributed by atoms with Crippen LogP contribution in [0.1, 0.15) is 17.2 Å². The highest BCUT2D eigenvalue weighted by molar-refractivity contribution is 7.99. The van der Waals surface area contributed by atoms with Gasteiger partial charge in [-0.3, -0.25) is 4.79 Å². The van der Waals surface area contributed by atoms with Gasteiger partial charge in [0.15, 0.2) is 5.16 Å². The molecule has 3 aromatic rings. The van der Waals surface area contributed by atoms with Crippen LogP contribution < -0.4 is 5.32 Å². The Morgan fingerprint density at radius 1 is 1.16 bits per heavy atom. The lowest BCUT2D eigenvalue weighted by molar-refractivity contribution is -0.119. The lowest BCUT2D eigenvalue weighted by Crippen LogP contribution is -2.30. The van der Waals surface area contributed by atoms with Crippen LogP contribution in [-0.4, -0.2) is 26.4 Å². The number of thioether (sulfide) groups is 1. The predicted octanol–water partition coefficient (Wildman–Crippen LogP) is 3.47. The number of benzene rings is 2. The van der Waals surface area contributed by atoms with Crippen LogP contribution in [0, 0.1) is 0 Å². The molecule has 0 saturated carbocycles. The molecule has 0 unspecified atom stereocenters. The van der Waals surface area contributed by atoms with Gasteiger partial charge < -0.3 is 9.88 Å². The molecule has 0 aliphatic carbocycles. The van der Waals surface area contributed by atoms with E-state index in [9.17, 15) is 4.79 Å². The van der Waals surface area contributed by atoms with Gasteiger partial charge in [-0.25, -0.2) is 0 Å². The average molecular weight is 373 g/mol. The predicted molar refractivity (Wildman–Crippen MR) is 99.6 cm³/mol. The molecule has 3 rings (SSSR count). The van der Waals surface area contributed by atoms with Crippen LogP contribution in [0.4, 0.5) is 0 Å². The van der Waals surface area contributed by atoms with Gasteiger partial charge in [0.1, 0.15) is 6.33 Å². The molecule has 0 fully saturated rings. The molecule has 0 radical (unpaired) electrons. The maximum atomic E-state index is 12.5. The molecule has 1 atom stereocenters. The number of halogens is 1. The van der Waals surface area contributed by atoms with E-state index in [-0.39, 0.29) is 17.7 Å². The number of nitrogens with zero attached hydrogens (tertiary/aromatic N) is 3. The van der Waals surface area contributed by atoms with Gasteiger partial charge in [0.25, 0.3) is 0 Å². The number of carbonyl (C=O) groups is 1. The summed E-state index contributed by atoms with van der Waals surface area (Å²) in [4.78, 5) is 12.5. The van der Waals surface area contributed by atoms with Gasteiger partial charge >= 0.3 is 0 Å². The number of carbonyl (C=O) groups excluding carboxylic acids is 1. The second-order valence-electron chi connectivity index (χ2n) is 5.48. The molecule has 1 aromatic heterocycles. The van der Waals surface area contributed by atoms with Gasteiger partial charge in [-0.05, 0) is 23.3 Å². The molecule has 25 heavy (non-hydrogen) atoms. The fraction of sp³-hybridized carbons (Fsp3) is 0.167. The zero-order chi connectivity index (χ0) is 17.6. The highest BCUT2D eigenvalue weighted by Gasteiger charge is 2.17. The maximum Gasteiger partial charge on any atom is 0.231 e. The summed E-state index contributed by atoms with van der Waals surface area (Å²) < 4.78 is 1.78. The second-order valence-corrected chi connectivity index (χ2v) is 6.85. The van der Waals surface area contributed by atoms with E-state index in [2.05, 4.69) is 15.5 Å². The fourth-order valence-corrected chi connectivity index (χ4v) is 3.22. The molecule has 1 N–H and O–H groups in total. The van der Waals surface area contributed by atoms with Gasteiger partial charge in [0.05, 0.1) is 11.8 Å². The molecule has 0 saturated heterocycles. The quantitative estimate of drug-likeness (QED) is 0.673. The molecule has 5 nitrogen and oxygen atoms in total. The first-order valence-electron chi connectivity index (χ1n) is 7.70. The van der Waals surface area contributed by atoms with Crippen molar-refractivity contribution >= 4 is 29.3 Å². The van der Waals surface area contributed by atoms with Crippen LogP contribution in [0.5, 0.6) is 0 Å². The number of aryl methyl sites for hydroxylation is 1. The van der Waals surface area contributed by atoms with Gasteiger partial charge in [0, 0.05) is 12.1 Å². The van der Waals surface area contributed by atoms with E-state index in [1.54, 1.807) is 10.9 Å². The summed E-state index contributed by atoms with van der Waals surface area (Å²) in [6.45, 7) is 0. The number of aromatic nitrogens is 3. The molecule has 1 amide bonds. The summed E-state index contributed by atoms with van der Waals surface area (Å²) in [6, 6.07) is 17.1. The first-order valence-corrected chi connectivity index (χ1v) is 9.06. The number of nitrogens with one attached hydrogen (secondary N) is 1. The largest absolute Gasteiger partial charge is 0.344 e. The van der Waals surface area contributed by atoms with E-state index in [1.807, 2.05) is 61.6 Å². The third-order valence-electron chi connectivity index (χ3n) is 3.64. The van der Waals surface area contributed by atoms with Crippen LogP contribution in [0.15, 0.2) is 66.1 Å². The summed E-state index contributed by atoms with van der Waals surface area (Å²) >= 11 is 7.34. The highest BCUT2D eigenvalue weighted by atomic mass is 35.5. The summed E-state index contributed by atoms with van der Waals surface area (Å²) in [6.07, 6.45) is 1.61. The second kappa shape index (κ2) is 8.18. The smallest absolute Gasteiger partial charge is 0.231 e. The molecule has 7 heteroatoms. The highest BCUT2D eigenvalue weighted by Crippen LogP contribution is 2.24. The van der Waals surface area contributed by atoms with E-state index >= 15 is 0 Å². The van der Waals surface area contributed by atoms with Crippen LogP contribution in [-0.2, 0) is 11.8 Å². The van der Waals surface area contributed by atoms with Crippen molar-refractivity contribution in [3.05, 3.63) is 77.1 Å². The Kier molecular flexibility index (Phi) is 5.73. The van der Waals surface area contributed by atoms with Crippen LogP contribution in [0.3, 0.4) is 0 Å². The molecule has 2 aromatic carbocycles. The average Bonchev–Trinajstić information content (AvgIpc) is 3.04. The van der Waals surface area contributed by atoms with E-state index in [1.165, 1.54) is 11.8 Å². The van der Waals surface area contributed by atoms with Crippen molar-refractivity contribution in [3.63, 3.8) is 0 Å². The molecule has 128 valence electrons. The van der Waals surface area contributed by atoms with Gasteiger partial charge in [-0.15, -0.1) is 10.2 Å². The Morgan fingerprint density at radius 2 is 1.84 bits per heavy atom. The first kappa shape index (κ1) is 17.5. The molecule has 1 heterocycles. The third kappa shape index (κ3) is 4.61. The minimum Gasteiger partial charge on any atom is -0.344 e. The standard InChI is InChI=1S/C18H17ClN4OS/c1-23-12-20-22-18(23)25-11-16(24)21-17(13-5-3-2-4-6-13)14-7-9-15(19)10-8-14/h2-10,12,17H,11H2,1H3,(H,21,24)/t17-/m0/s1. The van der Waals surface area contributed by atoms with Crippen LogP contribution in [0.2, 0.25) is 5.02 Å².